The van der Waals surface area contributed by atoms with Gasteiger partial charge in [-0.1, -0.05) is 0 Å². The Balaban J connectivity index is 1.62. The molecule has 0 heterocycles. The van der Waals surface area contributed by atoms with Crippen molar-refractivity contribution in [3.8, 4) is 0 Å². The number of thioether (sulfide) groups is 1. The van der Waals surface area contributed by atoms with E-state index in [0.29, 0.717) is 18.3 Å². The summed E-state index contributed by atoms with van der Waals surface area (Å²) in [6.45, 7) is 0.160. The maximum absolute atomic E-state index is 12.7. The van der Waals surface area contributed by atoms with Gasteiger partial charge in [-0.3, -0.25) is 4.79 Å². The Kier molecular flexibility index (Phi) is 4.61. The highest BCUT2D eigenvalue weighted by atomic mass is 32.2. The number of carbonyl (C=O) groups is 1. The zero-order chi connectivity index (χ0) is 14.1. The van der Waals surface area contributed by atoms with Crippen molar-refractivity contribution in [2.75, 3.05) is 18.6 Å². The zero-order valence-electron chi connectivity index (χ0n) is 12.4. The van der Waals surface area contributed by atoms with Gasteiger partial charge in [0, 0.05) is 24.3 Å². The van der Waals surface area contributed by atoms with Crippen LogP contribution < -0.4 is 5.32 Å². The number of aliphatic hydroxyl groups is 1. The monoisotopic (exact) mass is 297 g/mol. The van der Waals surface area contributed by atoms with Crippen LogP contribution in [0.15, 0.2) is 0 Å². The smallest absolute Gasteiger partial charge is 0.223 e. The third-order valence-electron chi connectivity index (χ3n) is 5.72. The number of nitrogens with one attached hydrogen (secondary N) is 1. The van der Waals surface area contributed by atoms with Crippen molar-refractivity contribution < 1.29 is 9.90 Å². The molecule has 3 nitrogen and oxygen atoms in total. The molecular weight excluding hydrogens is 270 g/mol. The van der Waals surface area contributed by atoms with Gasteiger partial charge in [0.05, 0.1) is 0 Å². The highest BCUT2D eigenvalue weighted by molar-refractivity contribution is 7.98. The van der Waals surface area contributed by atoms with Crippen molar-refractivity contribution in [2.45, 2.75) is 44.6 Å². The van der Waals surface area contributed by atoms with E-state index in [1.807, 2.05) is 0 Å². The van der Waals surface area contributed by atoms with Crippen LogP contribution in [0.5, 0.6) is 0 Å². The first kappa shape index (κ1) is 14.7. The van der Waals surface area contributed by atoms with Crippen LogP contribution in [0, 0.1) is 29.6 Å². The van der Waals surface area contributed by atoms with Gasteiger partial charge in [0.15, 0.2) is 0 Å². The maximum Gasteiger partial charge on any atom is 0.223 e. The van der Waals surface area contributed by atoms with Crippen molar-refractivity contribution >= 4 is 17.7 Å². The van der Waals surface area contributed by atoms with Gasteiger partial charge in [-0.2, -0.15) is 11.8 Å². The molecule has 0 spiro atoms. The Bertz CT molecular complexity index is 326. The molecule has 0 aromatic carbocycles. The van der Waals surface area contributed by atoms with Crippen molar-refractivity contribution in [1.82, 2.24) is 5.32 Å². The molecule has 4 saturated carbocycles. The predicted octanol–water partition coefficient (Wildman–Crippen LogP) is 2.29. The lowest BCUT2D eigenvalue weighted by atomic mass is 9.51. The Morgan fingerprint density at radius 3 is 2.30 bits per heavy atom. The van der Waals surface area contributed by atoms with E-state index in [9.17, 15) is 4.79 Å². The van der Waals surface area contributed by atoms with E-state index in [1.165, 1.54) is 32.1 Å². The number of rotatable bonds is 6. The number of amides is 1. The topological polar surface area (TPSA) is 49.3 Å². The van der Waals surface area contributed by atoms with E-state index >= 15 is 0 Å². The maximum atomic E-state index is 12.7. The average molecular weight is 297 g/mol. The molecule has 1 atom stereocenters. The standard InChI is InChI=1S/C16H27NO2S/c1-20-9-14(2-3-18)17-16(19)15-12-5-10-4-11(7-12)8-13(15)6-10/h10-15,18H,2-9H2,1H3,(H,17,19). The van der Waals surface area contributed by atoms with Gasteiger partial charge in [0.1, 0.15) is 0 Å². The second kappa shape index (κ2) is 6.27. The first-order chi connectivity index (χ1) is 9.71. The molecule has 4 aliphatic carbocycles. The first-order valence-corrected chi connectivity index (χ1v) is 9.50. The molecule has 4 fully saturated rings. The van der Waals surface area contributed by atoms with Gasteiger partial charge in [0.2, 0.25) is 5.91 Å². The predicted molar refractivity (Wildman–Crippen MR) is 82.6 cm³/mol. The summed E-state index contributed by atoms with van der Waals surface area (Å²) in [4.78, 5) is 12.7. The van der Waals surface area contributed by atoms with Crippen molar-refractivity contribution in [3.05, 3.63) is 0 Å². The van der Waals surface area contributed by atoms with Gasteiger partial charge in [-0.05, 0) is 68.5 Å². The van der Waals surface area contributed by atoms with Crippen LogP contribution in [0.3, 0.4) is 0 Å². The normalized spacial score (nSPS) is 39.8. The summed E-state index contributed by atoms with van der Waals surface area (Å²) in [5.74, 6) is 4.59. The molecule has 0 aromatic heterocycles. The fraction of sp³-hybridized carbons (Fsp3) is 0.938. The van der Waals surface area contributed by atoms with E-state index in [0.717, 1.165) is 17.6 Å². The minimum absolute atomic E-state index is 0.139. The summed E-state index contributed by atoms with van der Waals surface area (Å²) in [5.41, 5.74) is 0. The molecule has 0 aromatic rings. The van der Waals surface area contributed by atoms with Crippen LogP contribution in [-0.4, -0.2) is 35.7 Å². The number of hydrogen-bond acceptors (Lipinski definition) is 3. The summed E-state index contributed by atoms with van der Waals surface area (Å²) >= 11 is 1.74. The Morgan fingerprint density at radius 1 is 1.20 bits per heavy atom. The lowest BCUT2D eigenvalue weighted by molar-refractivity contribution is -0.138. The highest BCUT2D eigenvalue weighted by Crippen LogP contribution is 2.56. The zero-order valence-corrected chi connectivity index (χ0v) is 13.2. The average Bonchev–Trinajstić information content (AvgIpc) is 2.37. The molecule has 4 heteroatoms. The lowest BCUT2D eigenvalue weighted by Crippen LogP contribution is -2.53. The summed E-state index contributed by atoms with van der Waals surface area (Å²) in [5, 5.41) is 12.4. The Morgan fingerprint density at radius 2 is 1.80 bits per heavy atom. The molecule has 1 amide bonds. The molecule has 2 N–H and O–H groups in total. The molecule has 1 unspecified atom stereocenters. The molecule has 114 valence electrons. The number of carbonyl (C=O) groups excluding carboxylic acids is 1. The van der Waals surface area contributed by atoms with Gasteiger partial charge < -0.3 is 10.4 Å². The third kappa shape index (κ3) is 2.87. The highest BCUT2D eigenvalue weighted by Gasteiger charge is 2.50. The van der Waals surface area contributed by atoms with Gasteiger partial charge >= 0.3 is 0 Å². The van der Waals surface area contributed by atoms with E-state index < -0.39 is 0 Å². The summed E-state index contributed by atoms with van der Waals surface area (Å²) in [6, 6.07) is 0.139. The van der Waals surface area contributed by atoms with Crippen LogP contribution in [0.4, 0.5) is 0 Å². The van der Waals surface area contributed by atoms with E-state index in [2.05, 4.69) is 11.6 Å². The molecular formula is C16H27NO2S. The number of hydrogen-bond donors (Lipinski definition) is 2. The fourth-order valence-corrected chi connectivity index (χ4v) is 5.86. The second-order valence-electron chi connectivity index (χ2n) is 7.13. The third-order valence-corrected chi connectivity index (χ3v) is 6.46. The van der Waals surface area contributed by atoms with Gasteiger partial charge in [0.25, 0.3) is 0 Å². The minimum atomic E-state index is 0.139. The van der Waals surface area contributed by atoms with Crippen LogP contribution in [0.1, 0.15) is 38.5 Å². The van der Waals surface area contributed by atoms with Gasteiger partial charge in [-0.15, -0.1) is 0 Å². The summed E-state index contributed by atoms with van der Waals surface area (Å²) in [7, 11) is 0. The van der Waals surface area contributed by atoms with Gasteiger partial charge in [-0.25, -0.2) is 0 Å². The molecule has 4 bridgehead atoms. The quantitative estimate of drug-likeness (QED) is 0.791. The molecule has 0 saturated heterocycles. The lowest BCUT2D eigenvalue weighted by Gasteiger charge is -2.53. The van der Waals surface area contributed by atoms with E-state index in [1.54, 1.807) is 11.8 Å². The Hall–Kier alpha value is -0.220. The van der Waals surface area contributed by atoms with Crippen LogP contribution in [0.2, 0.25) is 0 Å². The fourth-order valence-electron chi connectivity index (χ4n) is 5.20. The summed E-state index contributed by atoms with van der Waals surface area (Å²) < 4.78 is 0. The SMILES string of the molecule is CSCC(CCO)NC(=O)C1C2CC3CC(C2)CC1C3. The number of aliphatic hydroxyl groups excluding tert-OH is 1. The minimum Gasteiger partial charge on any atom is -0.396 e. The largest absolute Gasteiger partial charge is 0.396 e. The molecule has 0 aliphatic heterocycles. The Labute approximate surface area is 126 Å². The molecule has 0 radical (unpaired) electrons. The molecule has 20 heavy (non-hydrogen) atoms. The second-order valence-corrected chi connectivity index (χ2v) is 8.04. The van der Waals surface area contributed by atoms with Crippen LogP contribution >= 0.6 is 11.8 Å². The van der Waals surface area contributed by atoms with Crippen molar-refractivity contribution in [3.63, 3.8) is 0 Å². The van der Waals surface area contributed by atoms with Crippen molar-refractivity contribution in [1.29, 1.82) is 0 Å². The van der Waals surface area contributed by atoms with Crippen molar-refractivity contribution in [2.24, 2.45) is 29.6 Å². The molecule has 4 aliphatic rings. The van der Waals surface area contributed by atoms with Crippen LogP contribution in [0.25, 0.3) is 0 Å². The molecule has 4 rings (SSSR count). The van der Waals surface area contributed by atoms with E-state index in [-0.39, 0.29) is 24.5 Å². The summed E-state index contributed by atoms with van der Waals surface area (Å²) in [6.07, 6.45) is 9.33. The van der Waals surface area contributed by atoms with Crippen LogP contribution in [-0.2, 0) is 4.79 Å². The van der Waals surface area contributed by atoms with E-state index in [4.69, 9.17) is 5.11 Å². The first-order valence-electron chi connectivity index (χ1n) is 8.11.